The molecule has 2 aromatic rings. The van der Waals surface area contributed by atoms with Crippen molar-refractivity contribution in [3.63, 3.8) is 0 Å². The van der Waals surface area contributed by atoms with Crippen LogP contribution in [0.5, 0.6) is 0 Å². The normalized spacial score (nSPS) is 49.4. The number of aliphatic hydroxyl groups is 2. The summed E-state index contributed by atoms with van der Waals surface area (Å²) in [5.74, 6) is 0.661. The molecule has 12 nitrogen and oxygen atoms in total. The number of ether oxygens (including phenoxy) is 4. The van der Waals surface area contributed by atoms with E-state index in [1.54, 1.807) is 6.26 Å². The summed E-state index contributed by atoms with van der Waals surface area (Å²) >= 11 is 0. The molecule has 0 amide bonds. The highest BCUT2D eigenvalue weighted by atomic mass is 16.7. The highest BCUT2D eigenvalue weighted by molar-refractivity contribution is 5.92. The summed E-state index contributed by atoms with van der Waals surface area (Å²) in [4.78, 5) is 46.1. The van der Waals surface area contributed by atoms with Crippen LogP contribution < -0.4 is 5.32 Å². The van der Waals surface area contributed by atoms with Gasteiger partial charge in [-0.25, -0.2) is 4.79 Å². The smallest absolute Gasteiger partial charge is 0.339 e. The number of cyclic esters (lactones) is 2. The molecular formula is C54H68N2O10. The summed E-state index contributed by atoms with van der Waals surface area (Å²) in [6, 6.07) is 13.0. The Kier molecular flexibility index (Phi) is 9.50. The van der Waals surface area contributed by atoms with Crippen LogP contribution in [0.1, 0.15) is 114 Å². The van der Waals surface area contributed by atoms with Crippen molar-refractivity contribution in [2.24, 2.45) is 69.5 Å². The predicted molar refractivity (Wildman–Crippen MR) is 239 cm³/mol. The van der Waals surface area contributed by atoms with Gasteiger partial charge in [0.2, 0.25) is 0 Å². The zero-order valence-electron chi connectivity index (χ0n) is 38.8. The lowest BCUT2D eigenvalue weighted by molar-refractivity contribution is -0.276. The Hall–Kier alpha value is -3.55. The minimum atomic E-state index is -1.44. The molecule has 3 N–H and O–H groups in total. The standard InChI is InChI=1S/C54H68N2O10/c1-50(2)45-44(59)46(60)53(33-11-7-10-30(21-33)20-29-8-5-4-6-9-29)41(52(45)27-63-43(58)25-42(52)65-50)14-17-51(3)47(64-49(61)48-54(51,53)66-48)34-16-19-62-40(34)24-37-35-22-32-15-18-56-28-55-26-38(56)36(32)23-31(35)12-13-39(37)57/h4-6,8-9,15-16,18-19,30-33,35-39,41-42,45-48,55,57,60H,7,10-14,17,20-28H2,1-3H3/t30-,31+,32-,33+,35+,36-,37-,38+,39-,41-,42+,45-,46-,47+,48-,51+,52+,53+,54-/m1/s1. The average Bonchev–Trinajstić information content (AvgIpc) is 3.54. The number of nitrogens with one attached hydrogen (secondary N) is 1. The van der Waals surface area contributed by atoms with Gasteiger partial charge in [0, 0.05) is 40.8 Å². The first-order valence-corrected chi connectivity index (χ1v) is 25.7. The van der Waals surface area contributed by atoms with E-state index in [1.165, 1.54) is 12.0 Å². The van der Waals surface area contributed by atoms with E-state index >= 15 is 4.79 Å². The Morgan fingerprint density at radius 3 is 2.59 bits per heavy atom. The Morgan fingerprint density at radius 1 is 0.894 bits per heavy atom. The maximum Gasteiger partial charge on any atom is 0.339 e. The first-order chi connectivity index (χ1) is 31.8. The quantitative estimate of drug-likeness (QED) is 0.215. The van der Waals surface area contributed by atoms with Crippen LogP contribution in [0, 0.1) is 69.5 Å². The van der Waals surface area contributed by atoms with Crippen molar-refractivity contribution in [1.82, 2.24) is 10.2 Å². The number of hydrogen-bond acceptors (Lipinski definition) is 12. The summed E-state index contributed by atoms with van der Waals surface area (Å²) in [6.07, 6.45) is 12.4. The van der Waals surface area contributed by atoms with Gasteiger partial charge in [0.05, 0.1) is 43.1 Å². The maximum absolute atomic E-state index is 15.6. The Balaban J connectivity index is 0.900. The fourth-order valence-electron chi connectivity index (χ4n) is 18.7. The second-order valence-electron chi connectivity index (χ2n) is 23.9. The van der Waals surface area contributed by atoms with Gasteiger partial charge >= 0.3 is 11.9 Å². The summed E-state index contributed by atoms with van der Waals surface area (Å²) in [5.41, 5.74) is -3.12. The Morgan fingerprint density at radius 2 is 1.74 bits per heavy atom. The van der Waals surface area contributed by atoms with Crippen molar-refractivity contribution in [3.8, 4) is 0 Å². The first kappa shape index (κ1) is 42.5. The number of benzene rings is 1. The highest BCUT2D eigenvalue weighted by Crippen LogP contribution is 2.82. The molecule has 0 unspecified atom stereocenters. The number of furan rings is 1. The maximum atomic E-state index is 15.6. The molecule has 1 aromatic carbocycles. The number of rotatable bonds is 6. The van der Waals surface area contributed by atoms with Crippen LogP contribution in [0.4, 0.5) is 0 Å². The van der Waals surface area contributed by atoms with Gasteiger partial charge < -0.3 is 38.5 Å². The lowest BCUT2D eigenvalue weighted by Gasteiger charge is -2.70. The fourth-order valence-corrected chi connectivity index (χ4v) is 18.7. The van der Waals surface area contributed by atoms with Crippen LogP contribution in [0.15, 0.2) is 59.4 Å². The molecule has 12 heteroatoms. The molecule has 7 heterocycles. The van der Waals surface area contributed by atoms with Gasteiger partial charge in [0.15, 0.2) is 11.9 Å². The van der Waals surface area contributed by atoms with E-state index < -0.39 is 69.9 Å². The molecule has 354 valence electrons. The minimum Gasteiger partial charge on any atom is -0.469 e. The van der Waals surface area contributed by atoms with Crippen LogP contribution >= 0.6 is 0 Å². The van der Waals surface area contributed by atoms with Crippen molar-refractivity contribution in [2.45, 2.75) is 152 Å². The molecule has 2 spiro atoms. The molecule has 11 aliphatic rings. The first-order valence-electron chi connectivity index (χ1n) is 25.7. The summed E-state index contributed by atoms with van der Waals surface area (Å²) < 4.78 is 33.2. The molecule has 5 aliphatic carbocycles. The number of hydrogen-bond donors (Lipinski definition) is 3. The summed E-state index contributed by atoms with van der Waals surface area (Å²) in [6.45, 7) is 8.01. The van der Waals surface area contributed by atoms with Gasteiger partial charge in [-0.2, -0.15) is 0 Å². The minimum absolute atomic E-state index is 0.00920. The molecule has 66 heavy (non-hydrogen) atoms. The van der Waals surface area contributed by atoms with E-state index in [-0.39, 0.29) is 42.5 Å². The number of epoxide rings is 1. The monoisotopic (exact) mass is 904 g/mol. The lowest BCUT2D eigenvalue weighted by atomic mass is 9.32. The molecule has 0 bridgehead atoms. The van der Waals surface area contributed by atoms with Gasteiger partial charge in [0.1, 0.15) is 30.2 Å². The van der Waals surface area contributed by atoms with E-state index in [0.29, 0.717) is 54.9 Å². The van der Waals surface area contributed by atoms with E-state index in [1.807, 2.05) is 26.0 Å². The second-order valence-corrected chi connectivity index (χ2v) is 23.9. The third kappa shape index (κ3) is 5.54. The van der Waals surface area contributed by atoms with Gasteiger partial charge in [-0.1, -0.05) is 56.2 Å². The number of nitrogens with zero attached hydrogens (tertiary/aromatic N) is 1. The van der Waals surface area contributed by atoms with Crippen LogP contribution in [0.2, 0.25) is 0 Å². The largest absolute Gasteiger partial charge is 0.469 e. The van der Waals surface area contributed by atoms with E-state index in [9.17, 15) is 19.8 Å². The summed E-state index contributed by atoms with van der Waals surface area (Å²) in [5, 5.41) is 28.9. The molecule has 10 fully saturated rings. The van der Waals surface area contributed by atoms with Crippen LogP contribution in [-0.4, -0.2) is 94.3 Å². The molecule has 19 atom stereocenters. The number of esters is 2. The van der Waals surface area contributed by atoms with Crippen molar-refractivity contribution in [2.75, 3.05) is 19.8 Å². The Bertz CT molecular complexity index is 2330. The fraction of sp³-hybridized carbons (Fsp3) is 0.722. The molecule has 1 aromatic heterocycles. The number of fused-ring (bicyclic) bond motifs is 5. The average molecular weight is 905 g/mol. The molecule has 0 radical (unpaired) electrons. The lowest BCUT2D eigenvalue weighted by Crippen LogP contribution is -2.79. The molecule has 5 saturated carbocycles. The van der Waals surface area contributed by atoms with E-state index in [4.69, 9.17) is 23.4 Å². The van der Waals surface area contributed by atoms with Gasteiger partial charge in [-0.05, 0) is 137 Å². The Labute approximate surface area is 387 Å². The number of Topliss-reactive ketones (excluding diaryl/α,β-unsaturated/α-hetero) is 1. The highest BCUT2D eigenvalue weighted by Gasteiger charge is 2.93. The number of carbonyl (C=O) groups excluding carboxylic acids is 3. The van der Waals surface area contributed by atoms with Gasteiger partial charge in [-0.3, -0.25) is 14.9 Å². The third-order valence-electron chi connectivity index (χ3n) is 21.0. The number of carbonyl (C=O) groups is 3. The SMILES string of the molecule is CC1(C)O[C@H]2CC(=O)OC[C@@]23[C@@H]1C(=O)[C@@H](O)[C@]1([C@H]2CCC[C@H](Cc4ccccc4)C2)[C@@H]3CC[C@@]2(C)[C@H](c3ccoc3C[C@@H]3[C@H]4C[C@H]5C=CN6CNC[C@H]6[C@@H]5C[C@@H]4CC[C@H]3O)OC(=O)[C@H]3O[C@@]312. The second kappa shape index (κ2) is 14.7. The van der Waals surface area contributed by atoms with Gasteiger partial charge in [-0.15, -0.1) is 0 Å². The number of aliphatic hydroxyl groups excluding tert-OH is 2. The van der Waals surface area contributed by atoms with Crippen molar-refractivity contribution in [1.29, 1.82) is 0 Å². The van der Waals surface area contributed by atoms with Gasteiger partial charge in [0.25, 0.3) is 0 Å². The third-order valence-corrected chi connectivity index (χ3v) is 21.0. The summed E-state index contributed by atoms with van der Waals surface area (Å²) in [7, 11) is 0. The van der Waals surface area contributed by atoms with Crippen LogP contribution in [0.25, 0.3) is 0 Å². The van der Waals surface area contributed by atoms with Crippen molar-refractivity contribution >= 4 is 17.7 Å². The van der Waals surface area contributed by atoms with Crippen molar-refractivity contribution in [3.05, 3.63) is 71.8 Å². The predicted octanol–water partition coefficient (Wildman–Crippen LogP) is 6.47. The van der Waals surface area contributed by atoms with E-state index in [2.05, 4.69) is 53.7 Å². The number of allylic oxidation sites excluding steroid dienone is 1. The molecule has 13 rings (SSSR count). The van der Waals surface area contributed by atoms with Crippen LogP contribution in [0.3, 0.4) is 0 Å². The van der Waals surface area contributed by atoms with Crippen LogP contribution in [-0.2, 0) is 46.2 Å². The molecule has 6 aliphatic heterocycles. The molecular weight excluding hydrogens is 837 g/mol. The molecule has 5 saturated heterocycles. The van der Waals surface area contributed by atoms with E-state index in [0.717, 1.165) is 75.9 Å². The van der Waals surface area contributed by atoms with Crippen molar-refractivity contribution < 1.29 is 48.0 Å². The number of ketones is 1. The zero-order chi connectivity index (χ0) is 45.1. The zero-order valence-corrected chi connectivity index (χ0v) is 38.8. The topological polar surface area (TPSA) is 160 Å².